The van der Waals surface area contributed by atoms with E-state index in [1.54, 1.807) is 19.2 Å². The molecule has 7 heteroatoms. The van der Waals surface area contributed by atoms with E-state index in [4.69, 9.17) is 4.74 Å². The fraction of sp³-hybridized carbons (Fsp3) is 0.409. The molecular formula is C22H27F2N3O2. The lowest BCUT2D eigenvalue weighted by molar-refractivity contribution is -0.0498. The van der Waals surface area contributed by atoms with Crippen LogP contribution in [0.1, 0.15) is 17.5 Å². The largest absolute Gasteiger partial charge is 0.435 e. The van der Waals surface area contributed by atoms with Gasteiger partial charge >= 0.3 is 6.61 Å². The molecule has 3 rings (SSSR count). The highest BCUT2D eigenvalue weighted by Crippen LogP contribution is 2.18. The van der Waals surface area contributed by atoms with Gasteiger partial charge in [0.1, 0.15) is 5.75 Å². The Labute approximate surface area is 170 Å². The molecule has 2 aromatic rings. The summed E-state index contributed by atoms with van der Waals surface area (Å²) in [5.74, 6) is 1.42. The minimum Gasteiger partial charge on any atom is -0.435 e. The average Bonchev–Trinajstić information content (AvgIpc) is 3.18. The first-order valence-corrected chi connectivity index (χ1v) is 9.75. The number of benzene rings is 2. The molecule has 0 aliphatic carbocycles. The van der Waals surface area contributed by atoms with E-state index in [2.05, 4.69) is 32.1 Å². The van der Waals surface area contributed by atoms with Gasteiger partial charge in [-0.1, -0.05) is 42.5 Å². The van der Waals surface area contributed by atoms with Crippen LogP contribution in [0.3, 0.4) is 0 Å². The Bertz CT molecular complexity index is 787. The number of guanidine groups is 1. The van der Waals surface area contributed by atoms with Gasteiger partial charge in [-0.25, -0.2) is 0 Å². The summed E-state index contributed by atoms with van der Waals surface area (Å²) < 4.78 is 35.1. The summed E-state index contributed by atoms with van der Waals surface area (Å²) in [6, 6.07) is 16.8. The number of ether oxygens (including phenoxy) is 2. The third-order valence-corrected chi connectivity index (χ3v) is 4.84. The van der Waals surface area contributed by atoms with Gasteiger partial charge in [0.2, 0.25) is 0 Å². The molecule has 1 heterocycles. The molecule has 1 fully saturated rings. The Morgan fingerprint density at radius 2 is 1.97 bits per heavy atom. The third kappa shape index (κ3) is 6.71. The second-order valence-electron chi connectivity index (χ2n) is 7.03. The number of likely N-dealkylation sites (tertiary alicyclic amines) is 1. The van der Waals surface area contributed by atoms with E-state index in [1.807, 2.05) is 24.3 Å². The number of hydrogen-bond acceptors (Lipinski definition) is 3. The number of alkyl halides is 2. The first-order chi connectivity index (χ1) is 14.1. The number of rotatable bonds is 8. The van der Waals surface area contributed by atoms with Crippen LogP contribution in [0, 0.1) is 5.92 Å². The Balaban J connectivity index is 1.43. The van der Waals surface area contributed by atoms with Crippen molar-refractivity contribution in [2.45, 2.75) is 26.2 Å². The van der Waals surface area contributed by atoms with Crippen LogP contribution in [0.15, 0.2) is 59.6 Å². The highest BCUT2D eigenvalue weighted by Gasteiger charge is 2.25. The normalized spacial score (nSPS) is 17.0. The zero-order valence-corrected chi connectivity index (χ0v) is 16.6. The average molecular weight is 403 g/mol. The minimum atomic E-state index is -2.82. The lowest BCUT2D eigenvalue weighted by atomic mass is 10.1. The first-order valence-electron chi connectivity index (χ1n) is 9.75. The molecule has 5 nitrogen and oxygen atoms in total. The van der Waals surface area contributed by atoms with Gasteiger partial charge in [0.25, 0.3) is 0 Å². The summed E-state index contributed by atoms with van der Waals surface area (Å²) in [6.07, 6.45) is 1.05. The fourth-order valence-corrected chi connectivity index (χ4v) is 3.42. The van der Waals surface area contributed by atoms with Crippen molar-refractivity contribution in [3.63, 3.8) is 0 Å². The van der Waals surface area contributed by atoms with Gasteiger partial charge in [0, 0.05) is 32.6 Å². The van der Waals surface area contributed by atoms with E-state index in [0.29, 0.717) is 19.1 Å². The topological polar surface area (TPSA) is 46.1 Å². The molecule has 1 aliphatic rings. The maximum absolute atomic E-state index is 12.4. The van der Waals surface area contributed by atoms with Gasteiger partial charge in [0.05, 0.1) is 13.2 Å². The molecule has 0 bridgehead atoms. The van der Waals surface area contributed by atoms with Crippen molar-refractivity contribution in [2.75, 3.05) is 26.7 Å². The summed E-state index contributed by atoms with van der Waals surface area (Å²) in [5, 5.41) is 3.30. The predicted molar refractivity (Wildman–Crippen MR) is 109 cm³/mol. The Morgan fingerprint density at radius 3 is 2.72 bits per heavy atom. The van der Waals surface area contributed by atoms with Crippen LogP contribution < -0.4 is 10.1 Å². The molecule has 0 aromatic heterocycles. The van der Waals surface area contributed by atoms with Gasteiger partial charge < -0.3 is 19.7 Å². The van der Waals surface area contributed by atoms with Crippen LogP contribution in [-0.4, -0.2) is 44.2 Å². The molecule has 156 valence electrons. The summed E-state index contributed by atoms with van der Waals surface area (Å²) >= 11 is 0. The zero-order valence-electron chi connectivity index (χ0n) is 16.6. The van der Waals surface area contributed by atoms with E-state index >= 15 is 0 Å². The van der Waals surface area contributed by atoms with Crippen molar-refractivity contribution >= 4 is 5.96 Å². The van der Waals surface area contributed by atoms with Crippen molar-refractivity contribution in [1.82, 2.24) is 10.2 Å². The van der Waals surface area contributed by atoms with Gasteiger partial charge in [-0.05, 0) is 29.7 Å². The van der Waals surface area contributed by atoms with Crippen LogP contribution in [-0.2, 0) is 17.9 Å². The molecule has 1 saturated heterocycles. The molecule has 0 radical (unpaired) electrons. The van der Waals surface area contributed by atoms with Crippen LogP contribution in [0.4, 0.5) is 8.78 Å². The first kappa shape index (κ1) is 21.0. The van der Waals surface area contributed by atoms with E-state index in [0.717, 1.165) is 37.6 Å². The summed E-state index contributed by atoms with van der Waals surface area (Å²) in [4.78, 5) is 6.56. The van der Waals surface area contributed by atoms with Crippen LogP contribution >= 0.6 is 0 Å². The molecule has 1 N–H and O–H groups in total. The van der Waals surface area contributed by atoms with Gasteiger partial charge in [0.15, 0.2) is 5.96 Å². The molecule has 1 unspecified atom stereocenters. The van der Waals surface area contributed by atoms with Crippen molar-refractivity contribution in [3.05, 3.63) is 65.7 Å². The van der Waals surface area contributed by atoms with Gasteiger partial charge in [-0.2, -0.15) is 8.78 Å². The Kier molecular flexibility index (Phi) is 7.81. The van der Waals surface area contributed by atoms with E-state index in [-0.39, 0.29) is 5.75 Å². The molecule has 0 saturated carbocycles. The number of aliphatic imine (C=N–C) groups is 1. The van der Waals surface area contributed by atoms with E-state index in [9.17, 15) is 8.78 Å². The summed E-state index contributed by atoms with van der Waals surface area (Å²) in [7, 11) is 1.75. The lowest BCUT2D eigenvalue weighted by Crippen LogP contribution is -2.39. The van der Waals surface area contributed by atoms with Crippen molar-refractivity contribution in [1.29, 1.82) is 0 Å². The molecule has 0 spiro atoms. The molecule has 1 aliphatic heterocycles. The highest BCUT2D eigenvalue weighted by atomic mass is 19.3. The van der Waals surface area contributed by atoms with Crippen molar-refractivity contribution in [3.8, 4) is 5.75 Å². The van der Waals surface area contributed by atoms with E-state index in [1.165, 1.54) is 11.6 Å². The van der Waals surface area contributed by atoms with Crippen LogP contribution in [0.25, 0.3) is 0 Å². The zero-order chi connectivity index (χ0) is 20.5. The standard InChI is InChI=1S/C22H27F2N3O2/c1-25-22(26-13-18-8-5-9-20(12-18)29-21(23)24)27-11-10-19(14-27)16-28-15-17-6-3-2-4-7-17/h2-9,12,19,21H,10-11,13-16H2,1H3,(H,25,26). The molecule has 0 amide bonds. The van der Waals surface area contributed by atoms with Crippen LogP contribution in [0.2, 0.25) is 0 Å². The van der Waals surface area contributed by atoms with Gasteiger partial charge in [-0.3, -0.25) is 4.99 Å². The maximum atomic E-state index is 12.4. The monoisotopic (exact) mass is 403 g/mol. The quantitative estimate of drug-likeness (QED) is 0.536. The lowest BCUT2D eigenvalue weighted by Gasteiger charge is -2.22. The molecular weight excluding hydrogens is 376 g/mol. The summed E-state index contributed by atoms with van der Waals surface area (Å²) in [6.45, 7) is 0.795. The Morgan fingerprint density at radius 1 is 1.17 bits per heavy atom. The van der Waals surface area contributed by atoms with E-state index < -0.39 is 6.61 Å². The van der Waals surface area contributed by atoms with Crippen molar-refractivity contribution in [2.24, 2.45) is 10.9 Å². The fourth-order valence-electron chi connectivity index (χ4n) is 3.42. The Hall–Kier alpha value is -2.67. The SMILES string of the molecule is CN=C(NCc1cccc(OC(F)F)c1)N1CCC(COCc2ccccc2)C1. The van der Waals surface area contributed by atoms with Crippen molar-refractivity contribution < 1.29 is 18.3 Å². The minimum absolute atomic E-state index is 0.158. The number of halogens is 2. The van der Waals surface area contributed by atoms with Crippen LogP contribution in [0.5, 0.6) is 5.75 Å². The highest BCUT2D eigenvalue weighted by molar-refractivity contribution is 5.80. The van der Waals surface area contributed by atoms with Gasteiger partial charge in [-0.15, -0.1) is 0 Å². The number of hydrogen-bond donors (Lipinski definition) is 1. The smallest absolute Gasteiger partial charge is 0.387 e. The number of nitrogens with one attached hydrogen (secondary N) is 1. The molecule has 29 heavy (non-hydrogen) atoms. The molecule has 2 aromatic carbocycles. The summed E-state index contributed by atoms with van der Waals surface area (Å²) in [5.41, 5.74) is 2.03. The third-order valence-electron chi connectivity index (χ3n) is 4.84. The maximum Gasteiger partial charge on any atom is 0.387 e. The molecule has 1 atom stereocenters. The predicted octanol–water partition coefficient (Wildman–Crippen LogP) is 3.90. The number of nitrogens with zero attached hydrogens (tertiary/aromatic N) is 2. The second-order valence-corrected chi connectivity index (χ2v) is 7.03. The second kappa shape index (κ2) is 10.8.